The SMILES string of the molecule is Cc1c(C(=O)O)sc2nc(/C(=C\c3ccc(N4CCOCC4)cc3)c3ccccc3)[nH]c(=O)c12. The summed E-state index contributed by atoms with van der Waals surface area (Å²) >= 11 is 1.02. The molecule has 0 aliphatic carbocycles. The number of hydrogen-bond acceptors (Lipinski definition) is 6. The Balaban J connectivity index is 1.60. The number of benzene rings is 2. The number of fused-ring (bicyclic) bond motifs is 1. The number of nitrogens with one attached hydrogen (secondary N) is 1. The minimum absolute atomic E-state index is 0.133. The van der Waals surface area contributed by atoms with Crippen molar-refractivity contribution in [2.75, 3.05) is 31.2 Å². The molecule has 2 aromatic heterocycles. The summed E-state index contributed by atoms with van der Waals surface area (Å²) in [6.07, 6.45) is 1.99. The van der Waals surface area contributed by atoms with Crippen LogP contribution in [0.15, 0.2) is 59.4 Å². The Morgan fingerprint density at radius 1 is 1.12 bits per heavy atom. The molecule has 0 saturated carbocycles. The molecule has 8 heteroatoms. The normalized spacial score (nSPS) is 14.5. The maximum Gasteiger partial charge on any atom is 0.346 e. The van der Waals surface area contributed by atoms with Gasteiger partial charge < -0.3 is 19.7 Å². The van der Waals surface area contributed by atoms with E-state index in [2.05, 4.69) is 27.0 Å². The fourth-order valence-corrected chi connectivity index (χ4v) is 5.17. The largest absolute Gasteiger partial charge is 0.477 e. The van der Waals surface area contributed by atoms with E-state index in [-0.39, 0.29) is 10.4 Å². The van der Waals surface area contributed by atoms with Crippen LogP contribution in [0.3, 0.4) is 0 Å². The van der Waals surface area contributed by atoms with Gasteiger partial charge in [0.05, 0.1) is 18.6 Å². The molecule has 34 heavy (non-hydrogen) atoms. The Hall–Kier alpha value is -3.75. The molecule has 1 aliphatic rings. The van der Waals surface area contributed by atoms with Crippen molar-refractivity contribution in [3.05, 3.63) is 92.3 Å². The highest BCUT2D eigenvalue weighted by Gasteiger charge is 2.20. The number of thiophene rings is 1. The number of morpholine rings is 1. The van der Waals surface area contributed by atoms with Crippen molar-refractivity contribution in [1.82, 2.24) is 9.97 Å². The first-order valence-corrected chi connectivity index (χ1v) is 11.8. The van der Waals surface area contributed by atoms with Crippen molar-refractivity contribution in [3.8, 4) is 0 Å². The van der Waals surface area contributed by atoms with E-state index in [1.165, 1.54) is 0 Å². The van der Waals surface area contributed by atoms with E-state index in [4.69, 9.17) is 4.74 Å². The number of hydrogen-bond donors (Lipinski definition) is 2. The summed E-state index contributed by atoms with van der Waals surface area (Å²) in [5.41, 5.74) is 3.86. The van der Waals surface area contributed by atoms with Crippen LogP contribution in [0.4, 0.5) is 5.69 Å². The van der Waals surface area contributed by atoms with E-state index in [1.807, 2.05) is 48.5 Å². The second-order valence-corrected chi connectivity index (χ2v) is 9.07. The second-order valence-electron chi connectivity index (χ2n) is 8.07. The quantitative estimate of drug-likeness (QED) is 0.417. The number of carboxylic acids is 1. The lowest BCUT2D eigenvalue weighted by molar-refractivity contribution is 0.0701. The fraction of sp³-hybridized carbons (Fsp3) is 0.192. The van der Waals surface area contributed by atoms with E-state index in [0.29, 0.717) is 21.6 Å². The van der Waals surface area contributed by atoms with E-state index in [0.717, 1.165) is 60.0 Å². The smallest absolute Gasteiger partial charge is 0.346 e. The van der Waals surface area contributed by atoms with E-state index in [9.17, 15) is 14.7 Å². The fourth-order valence-electron chi connectivity index (χ4n) is 4.15. The van der Waals surface area contributed by atoms with Crippen LogP contribution >= 0.6 is 11.3 Å². The molecule has 0 radical (unpaired) electrons. The summed E-state index contributed by atoms with van der Waals surface area (Å²) in [7, 11) is 0. The predicted octanol–water partition coefficient (Wildman–Crippen LogP) is 4.42. The first-order valence-electron chi connectivity index (χ1n) is 11.0. The van der Waals surface area contributed by atoms with Gasteiger partial charge in [0.1, 0.15) is 15.5 Å². The summed E-state index contributed by atoms with van der Waals surface area (Å²) in [6, 6.07) is 18.0. The van der Waals surface area contributed by atoms with Crippen LogP contribution in [0.1, 0.15) is 32.2 Å². The van der Waals surface area contributed by atoms with Crippen LogP contribution in [-0.2, 0) is 4.74 Å². The van der Waals surface area contributed by atoms with Crippen LogP contribution in [0.25, 0.3) is 21.9 Å². The van der Waals surface area contributed by atoms with Crippen molar-refractivity contribution < 1.29 is 14.6 Å². The van der Waals surface area contributed by atoms with Crippen molar-refractivity contribution in [2.24, 2.45) is 0 Å². The molecular formula is C26H23N3O4S. The average Bonchev–Trinajstić information content (AvgIpc) is 3.21. The van der Waals surface area contributed by atoms with Gasteiger partial charge in [0.2, 0.25) is 0 Å². The molecule has 0 amide bonds. The Kier molecular flexibility index (Phi) is 6.00. The lowest BCUT2D eigenvalue weighted by Crippen LogP contribution is -2.36. The van der Waals surface area contributed by atoms with Gasteiger partial charge in [-0.1, -0.05) is 42.5 Å². The van der Waals surface area contributed by atoms with Gasteiger partial charge in [-0.3, -0.25) is 4.79 Å². The molecule has 4 aromatic rings. The monoisotopic (exact) mass is 473 g/mol. The molecule has 5 rings (SSSR count). The molecule has 0 bridgehead atoms. The minimum atomic E-state index is -1.05. The molecule has 1 saturated heterocycles. The zero-order valence-electron chi connectivity index (χ0n) is 18.6. The van der Waals surface area contributed by atoms with Gasteiger partial charge in [-0.25, -0.2) is 9.78 Å². The van der Waals surface area contributed by atoms with Crippen molar-refractivity contribution >= 4 is 44.9 Å². The molecule has 0 unspecified atom stereocenters. The number of rotatable bonds is 5. The Morgan fingerprint density at radius 3 is 2.50 bits per heavy atom. The summed E-state index contributed by atoms with van der Waals surface area (Å²) in [6.45, 7) is 4.84. The molecular weight excluding hydrogens is 450 g/mol. The number of aromatic nitrogens is 2. The molecule has 1 aliphatic heterocycles. The molecule has 1 fully saturated rings. The van der Waals surface area contributed by atoms with Crippen LogP contribution in [0, 0.1) is 6.92 Å². The third kappa shape index (κ3) is 4.25. The number of carbonyl (C=O) groups is 1. The van der Waals surface area contributed by atoms with E-state index < -0.39 is 5.97 Å². The topological polar surface area (TPSA) is 95.5 Å². The maximum atomic E-state index is 12.9. The van der Waals surface area contributed by atoms with Gasteiger partial charge in [0.25, 0.3) is 5.56 Å². The third-order valence-corrected chi connectivity index (χ3v) is 7.09. The average molecular weight is 474 g/mol. The molecule has 2 aromatic carbocycles. The number of nitrogens with zero attached hydrogens (tertiary/aromatic N) is 2. The maximum absolute atomic E-state index is 12.9. The number of aromatic carboxylic acids is 1. The number of aryl methyl sites for hydroxylation is 1. The van der Waals surface area contributed by atoms with Gasteiger partial charge in [0, 0.05) is 24.4 Å². The number of H-pyrrole nitrogens is 1. The van der Waals surface area contributed by atoms with Crippen LogP contribution in [0.5, 0.6) is 0 Å². The first-order chi connectivity index (χ1) is 16.5. The molecule has 0 atom stereocenters. The van der Waals surface area contributed by atoms with Gasteiger partial charge >= 0.3 is 5.97 Å². The summed E-state index contributed by atoms with van der Waals surface area (Å²) < 4.78 is 5.44. The van der Waals surface area contributed by atoms with Crippen molar-refractivity contribution in [1.29, 1.82) is 0 Å². The molecule has 2 N–H and O–H groups in total. The second kappa shape index (κ2) is 9.24. The van der Waals surface area contributed by atoms with Crippen molar-refractivity contribution in [2.45, 2.75) is 6.92 Å². The first kappa shape index (κ1) is 22.1. The zero-order valence-corrected chi connectivity index (χ0v) is 19.4. The predicted molar refractivity (Wildman–Crippen MR) is 135 cm³/mol. The van der Waals surface area contributed by atoms with Crippen LogP contribution in [-0.4, -0.2) is 47.3 Å². The highest BCUT2D eigenvalue weighted by Crippen LogP contribution is 2.30. The van der Waals surface area contributed by atoms with E-state index >= 15 is 0 Å². The zero-order chi connectivity index (χ0) is 23.7. The summed E-state index contributed by atoms with van der Waals surface area (Å²) in [5, 5.41) is 9.80. The van der Waals surface area contributed by atoms with Gasteiger partial charge in [0.15, 0.2) is 0 Å². The standard InChI is InChI=1S/C26H23N3O4S/c1-16-21-24(30)27-23(28-25(21)34-22(16)26(31)32)20(18-5-3-2-4-6-18)15-17-7-9-19(10-8-17)29-11-13-33-14-12-29/h2-10,15H,11-14H2,1H3,(H,31,32)(H,27,28,30)/b20-15-. The van der Waals surface area contributed by atoms with Gasteiger partial charge in [-0.15, -0.1) is 11.3 Å². The Morgan fingerprint density at radius 2 is 1.82 bits per heavy atom. The highest BCUT2D eigenvalue weighted by molar-refractivity contribution is 7.20. The number of anilines is 1. The summed E-state index contributed by atoms with van der Waals surface area (Å²) in [4.78, 5) is 34.9. The molecule has 7 nitrogen and oxygen atoms in total. The number of ether oxygens (including phenoxy) is 1. The minimum Gasteiger partial charge on any atom is -0.477 e. The number of carboxylic acid groups (broad SMARTS) is 1. The third-order valence-electron chi connectivity index (χ3n) is 5.92. The lowest BCUT2D eigenvalue weighted by atomic mass is 10.0. The van der Waals surface area contributed by atoms with Crippen LogP contribution in [0.2, 0.25) is 0 Å². The van der Waals surface area contributed by atoms with Gasteiger partial charge in [-0.2, -0.15) is 0 Å². The van der Waals surface area contributed by atoms with Crippen molar-refractivity contribution in [3.63, 3.8) is 0 Å². The van der Waals surface area contributed by atoms with Crippen LogP contribution < -0.4 is 10.5 Å². The number of aromatic amines is 1. The Bertz CT molecular complexity index is 1430. The van der Waals surface area contributed by atoms with E-state index in [1.54, 1.807) is 6.92 Å². The molecule has 0 spiro atoms. The lowest BCUT2D eigenvalue weighted by Gasteiger charge is -2.28. The highest BCUT2D eigenvalue weighted by atomic mass is 32.1. The van der Waals surface area contributed by atoms with Gasteiger partial charge in [-0.05, 0) is 41.8 Å². The molecule has 3 heterocycles. The summed E-state index contributed by atoms with van der Waals surface area (Å²) in [5.74, 6) is -0.653. The Labute approximate surface area is 200 Å². The molecule has 172 valence electrons.